The summed E-state index contributed by atoms with van der Waals surface area (Å²) in [5, 5.41) is 4.47. The molecule has 0 unspecified atom stereocenters. The maximum atomic E-state index is 13.3. The lowest BCUT2D eigenvalue weighted by Crippen LogP contribution is -2.20. The number of carbonyl (C=O) groups is 1. The molecule has 0 fully saturated rings. The summed E-state index contributed by atoms with van der Waals surface area (Å²) in [6.07, 6.45) is -3.30. The number of benzene rings is 3. The average Bonchev–Trinajstić information content (AvgIpc) is 2.79. The number of halogens is 4. The van der Waals surface area contributed by atoms with Gasteiger partial charge in [-0.05, 0) is 42.5 Å². The number of nitrogens with zero attached hydrogens (tertiary/aromatic N) is 3. The van der Waals surface area contributed by atoms with Gasteiger partial charge in [0.05, 0.1) is 22.7 Å². The van der Waals surface area contributed by atoms with Crippen LogP contribution < -0.4 is 10.3 Å². The number of carbonyl (C=O) groups excluding carboxylic acids is 1. The molecule has 0 spiro atoms. The zero-order valence-corrected chi connectivity index (χ0v) is 19.1. The Bertz CT molecular complexity index is 1500. The topological polar surface area (TPSA) is 73.5 Å². The third kappa shape index (κ3) is 4.91. The second kappa shape index (κ2) is 9.22. The quantitative estimate of drug-likeness (QED) is 0.194. The largest absolute Gasteiger partial charge is 0.426 e. The van der Waals surface area contributed by atoms with E-state index in [0.717, 1.165) is 16.8 Å². The van der Waals surface area contributed by atoms with E-state index in [-0.39, 0.29) is 22.5 Å². The summed E-state index contributed by atoms with van der Waals surface area (Å²) in [6.45, 7) is 1.24. The van der Waals surface area contributed by atoms with Gasteiger partial charge in [-0.1, -0.05) is 40.2 Å². The monoisotopic (exact) mass is 529 g/mol. The van der Waals surface area contributed by atoms with E-state index in [1.54, 1.807) is 42.5 Å². The van der Waals surface area contributed by atoms with Crippen molar-refractivity contribution in [2.45, 2.75) is 13.1 Å². The summed E-state index contributed by atoms with van der Waals surface area (Å²) in [4.78, 5) is 29.1. The molecule has 0 aliphatic heterocycles. The zero-order valence-electron chi connectivity index (χ0n) is 17.5. The van der Waals surface area contributed by atoms with Crippen molar-refractivity contribution in [2.24, 2.45) is 5.10 Å². The standard InChI is InChI=1S/C24H15BrF3N3O3/c1-14(32)34-21-10-9-18(25)12-16(21)13-29-31-22(15-5-4-6-17(11-15)24(26,27)28)30-20-8-3-2-7-19(20)23(31)33/h2-13H,1H3. The van der Waals surface area contributed by atoms with E-state index in [1.807, 2.05) is 0 Å². The molecule has 1 aromatic heterocycles. The first kappa shape index (κ1) is 23.4. The lowest BCUT2D eigenvalue weighted by Gasteiger charge is -2.12. The third-order valence-corrected chi connectivity index (χ3v) is 5.23. The Kier molecular flexibility index (Phi) is 6.34. The van der Waals surface area contributed by atoms with Crippen LogP contribution in [0.15, 0.2) is 81.1 Å². The molecule has 3 aromatic carbocycles. The Morgan fingerprint density at radius 2 is 1.85 bits per heavy atom. The normalized spacial score (nSPS) is 11.8. The van der Waals surface area contributed by atoms with E-state index >= 15 is 0 Å². The van der Waals surface area contributed by atoms with Crippen molar-refractivity contribution >= 4 is 39.0 Å². The number of esters is 1. The van der Waals surface area contributed by atoms with Crippen molar-refractivity contribution < 1.29 is 22.7 Å². The molecule has 0 radical (unpaired) electrons. The van der Waals surface area contributed by atoms with Crippen LogP contribution in [0, 0.1) is 0 Å². The summed E-state index contributed by atoms with van der Waals surface area (Å²) >= 11 is 3.32. The maximum Gasteiger partial charge on any atom is 0.416 e. The summed E-state index contributed by atoms with van der Waals surface area (Å²) < 4.78 is 46.7. The molecular weight excluding hydrogens is 515 g/mol. The van der Waals surface area contributed by atoms with Gasteiger partial charge in [0.1, 0.15) is 5.75 Å². The maximum absolute atomic E-state index is 13.3. The molecule has 34 heavy (non-hydrogen) atoms. The smallest absolute Gasteiger partial charge is 0.416 e. The van der Waals surface area contributed by atoms with Gasteiger partial charge in [-0.15, -0.1) is 0 Å². The van der Waals surface area contributed by atoms with E-state index < -0.39 is 23.3 Å². The van der Waals surface area contributed by atoms with Crippen LogP contribution in [0.3, 0.4) is 0 Å². The molecule has 0 saturated heterocycles. The van der Waals surface area contributed by atoms with Crippen LogP contribution in [0.2, 0.25) is 0 Å². The van der Waals surface area contributed by atoms with Crippen LogP contribution in [0.25, 0.3) is 22.3 Å². The van der Waals surface area contributed by atoms with Crippen LogP contribution in [-0.4, -0.2) is 21.8 Å². The van der Waals surface area contributed by atoms with Gasteiger partial charge in [0.15, 0.2) is 5.82 Å². The van der Waals surface area contributed by atoms with Crippen molar-refractivity contribution in [1.82, 2.24) is 9.66 Å². The first-order chi connectivity index (χ1) is 16.1. The minimum atomic E-state index is -4.57. The Balaban J connectivity index is 1.93. The number of fused-ring (bicyclic) bond motifs is 1. The van der Waals surface area contributed by atoms with E-state index in [9.17, 15) is 22.8 Å². The summed E-state index contributed by atoms with van der Waals surface area (Å²) in [7, 11) is 0. The van der Waals surface area contributed by atoms with Crippen molar-refractivity contribution in [3.05, 3.63) is 92.7 Å². The Hall–Kier alpha value is -3.79. The van der Waals surface area contributed by atoms with Gasteiger partial charge in [-0.2, -0.15) is 22.9 Å². The van der Waals surface area contributed by atoms with Crippen molar-refractivity contribution in [3.63, 3.8) is 0 Å². The second-order valence-electron chi connectivity index (χ2n) is 7.17. The number of para-hydroxylation sites is 1. The molecule has 0 aliphatic rings. The highest BCUT2D eigenvalue weighted by molar-refractivity contribution is 9.10. The van der Waals surface area contributed by atoms with Crippen LogP contribution in [-0.2, 0) is 11.0 Å². The number of alkyl halides is 3. The molecule has 1 heterocycles. The van der Waals surface area contributed by atoms with Crippen LogP contribution in [0.1, 0.15) is 18.1 Å². The van der Waals surface area contributed by atoms with Gasteiger partial charge in [-0.25, -0.2) is 4.98 Å². The SMILES string of the molecule is CC(=O)Oc1ccc(Br)cc1C=Nn1c(-c2cccc(C(F)(F)F)c2)nc2ccccc2c1=O. The van der Waals surface area contributed by atoms with E-state index in [4.69, 9.17) is 4.74 Å². The predicted octanol–water partition coefficient (Wildman–Crippen LogP) is 5.65. The van der Waals surface area contributed by atoms with Gasteiger partial charge in [0.25, 0.3) is 5.56 Å². The summed E-state index contributed by atoms with van der Waals surface area (Å²) in [5.74, 6) is -0.428. The number of ether oxygens (including phenoxy) is 1. The van der Waals surface area contributed by atoms with E-state index in [1.165, 1.54) is 25.3 Å². The second-order valence-corrected chi connectivity index (χ2v) is 8.08. The first-order valence-electron chi connectivity index (χ1n) is 9.85. The molecule has 0 atom stereocenters. The minimum Gasteiger partial charge on any atom is -0.426 e. The highest BCUT2D eigenvalue weighted by atomic mass is 79.9. The van der Waals surface area contributed by atoms with Gasteiger partial charge in [-0.3, -0.25) is 9.59 Å². The summed E-state index contributed by atoms with van der Waals surface area (Å²) in [5.41, 5.74) is -0.719. The fourth-order valence-electron chi connectivity index (χ4n) is 3.24. The first-order valence-corrected chi connectivity index (χ1v) is 10.6. The fraction of sp³-hybridized carbons (Fsp3) is 0.0833. The molecule has 6 nitrogen and oxygen atoms in total. The van der Waals surface area contributed by atoms with Crippen LogP contribution >= 0.6 is 15.9 Å². The van der Waals surface area contributed by atoms with Gasteiger partial charge in [0, 0.05) is 22.5 Å². The van der Waals surface area contributed by atoms with Crippen LogP contribution in [0.5, 0.6) is 5.75 Å². The highest BCUT2D eigenvalue weighted by Crippen LogP contribution is 2.32. The fourth-order valence-corrected chi connectivity index (χ4v) is 3.62. The molecule has 0 bridgehead atoms. The number of hydrogen-bond donors (Lipinski definition) is 0. The van der Waals surface area contributed by atoms with Crippen molar-refractivity contribution in [3.8, 4) is 17.1 Å². The average molecular weight is 530 g/mol. The molecule has 4 rings (SSSR count). The molecule has 172 valence electrons. The van der Waals surface area contributed by atoms with Crippen molar-refractivity contribution in [1.29, 1.82) is 0 Å². The number of aromatic nitrogens is 2. The Morgan fingerprint density at radius 3 is 2.59 bits per heavy atom. The Morgan fingerprint density at radius 1 is 1.09 bits per heavy atom. The molecule has 0 N–H and O–H groups in total. The predicted molar refractivity (Wildman–Crippen MR) is 125 cm³/mol. The molecule has 10 heteroatoms. The Labute approximate surface area is 199 Å². The van der Waals surface area contributed by atoms with Crippen LogP contribution in [0.4, 0.5) is 13.2 Å². The minimum absolute atomic E-state index is 0.0595. The van der Waals surface area contributed by atoms with Gasteiger partial charge >= 0.3 is 12.1 Å². The van der Waals surface area contributed by atoms with E-state index in [2.05, 4.69) is 26.0 Å². The zero-order chi connectivity index (χ0) is 24.5. The highest BCUT2D eigenvalue weighted by Gasteiger charge is 2.31. The third-order valence-electron chi connectivity index (χ3n) is 4.74. The molecular formula is C24H15BrF3N3O3. The number of hydrogen-bond acceptors (Lipinski definition) is 5. The molecule has 0 amide bonds. The molecule has 0 aliphatic carbocycles. The van der Waals surface area contributed by atoms with E-state index in [0.29, 0.717) is 15.6 Å². The molecule has 4 aromatic rings. The van der Waals surface area contributed by atoms with Gasteiger partial charge in [0.2, 0.25) is 0 Å². The lowest BCUT2D eigenvalue weighted by atomic mass is 10.1. The van der Waals surface area contributed by atoms with Crippen molar-refractivity contribution in [2.75, 3.05) is 0 Å². The lowest BCUT2D eigenvalue weighted by molar-refractivity contribution is -0.137. The van der Waals surface area contributed by atoms with Gasteiger partial charge < -0.3 is 4.74 Å². The summed E-state index contributed by atoms with van der Waals surface area (Å²) in [6, 6.07) is 15.8. The number of rotatable bonds is 4. The molecule has 0 saturated carbocycles.